The quantitative estimate of drug-likeness (QED) is 0.187. The van der Waals surface area contributed by atoms with Crippen LogP contribution in [0.25, 0.3) is 21.9 Å². The van der Waals surface area contributed by atoms with Crippen LogP contribution in [0.15, 0.2) is 59.5 Å². The summed E-state index contributed by atoms with van der Waals surface area (Å²) in [7, 11) is 5.47. The molecule has 3 amide bonds. The molecule has 2 saturated heterocycles. The van der Waals surface area contributed by atoms with Crippen LogP contribution in [0.3, 0.4) is 0 Å². The van der Waals surface area contributed by atoms with E-state index >= 15 is 0 Å². The normalized spacial score (nSPS) is 20.9. The maximum Gasteiger partial charge on any atom is 0.329 e. The number of imide groups is 1. The van der Waals surface area contributed by atoms with E-state index < -0.39 is 29.5 Å². The Morgan fingerprint density at radius 2 is 1.71 bits per heavy atom. The zero-order chi connectivity index (χ0) is 39.2. The van der Waals surface area contributed by atoms with E-state index in [0.717, 1.165) is 98.5 Å². The molecule has 1 atom stereocenters. The molecule has 8 rings (SSSR count). The summed E-state index contributed by atoms with van der Waals surface area (Å²) in [4.78, 5) is 55.6. The standard InChI is InChI=1S/C41H46F2N8O5/c1-47(29-13-15-49(16-14-29)33-5-4-6-34-38(33)48(2)41(55)51(34)35-11-12-37(52)45-40(35)54)22-24-7-9-30(10-8-24)50-23-26-19-32(36(56-3)21-31(26)46-50)44-39(53)25-17-27(42)20-28(43)18-25/h4-6,17-21,23-24,29-30,35H,7-16,22H2,1-3H3,(H,44,53)(H,45,52,54)/t24-,30-,35?. The molecule has 1 saturated carbocycles. The van der Waals surface area contributed by atoms with Crippen molar-refractivity contribution in [2.24, 2.45) is 13.0 Å². The van der Waals surface area contributed by atoms with Crippen molar-refractivity contribution in [1.29, 1.82) is 0 Å². The number of methoxy groups -OCH3 is 1. The lowest BCUT2D eigenvalue weighted by atomic mass is 9.85. The number of nitrogens with one attached hydrogen (secondary N) is 2. The van der Waals surface area contributed by atoms with Crippen LogP contribution >= 0.6 is 0 Å². The van der Waals surface area contributed by atoms with E-state index in [1.165, 1.54) is 7.11 Å². The fourth-order valence-electron chi connectivity index (χ4n) is 9.00. The van der Waals surface area contributed by atoms with Crippen molar-refractivity contribution in [2.45, 2.75) is 69.5 Å². The van der Waals surface area contributed by atoms with Crippen LogP contribution in [0, 0.1) is 17.6 Å². The van der Waals surface area contributed by atoms with Gasteiger partial charge < -0.3 is 19.9 Å². The first kappa shape index (κ1) is 37.4. The average Bonchev–Trinajstić information content (AvgIpc) is 3.71. The SMILES string of the molecule is COc1cc2nn([C@H]3CC[C@H](CN(C)C4CCN(c5cccc6c5n(C)c(=O)n6C5CCC(=O)NC5=O)CC4)CC3)cc2cc1NC(=O)c1cc(F)cc(F)c1. The molecule has 3 aliphatic rings. The Bertz CT molecular complexity index is 2370. The van der Waals surface area contributed by atoms with Crippen molar-refractivity contribution < 1.29 is 27.9 Å². The largest absolute Gasteiger partial charge is 0.494 e. The van der Waals surface area contributed by atoms with Crippen LogP contribution in [0.4, 0.5) is 20.2 Å². The first-order valence-corrected chi connectivity index (χ1v) is 19.3. The van der Waals surface area contributed by atoms with Gasteiger partial charge in [0.05, 0.1) is 41.1 Å². The van der Waals surface area contributed by atoms with Crippen molar-refractivity contribution >= 4 is 51.0 Å². The molecule has 2 aromatic heterocycles. The molecule has 2 aliphatic heterocycles. The van der Waals surface area contributed by atoms with Crippen molar-refractivity contribution in [2.75, 3.05) is 44.0 Å². The van der Waals surface area contributed by atoms with E-state index in [1.807, 2.05) is 29.1 Å². The van der Waals surface area contributed by atoms with Gasteiger partial charge in [0.25, 0.3) is 5.91 Å². The number of piperidine rings is 2. The molecule has 3 fully saturated rings. The van der Waals surface area contributed by atoms with Gasteiger partial charge in [-0.15, -0.1) is 0 Å². The number of ether oxygens (including phenoxy) is 1. The van der Waals surface area contributed by atoms with Gasteiger partial charge in [0.15, 0.2) is 0 Å². The molecule has 1 unspecified atom stereocenters. The minimum atomic E-state index is -0.829. The summed E-state index contributed by atoms with van der Waals surface area (Å²) >= 11 is 0. The number of carbonyl (C=O) groups excluding carboxylic acids is 3. The molecule has 0 radical (unpaired) electrons. The van der Waals surface area contributed by atoms with Crippen molar-refractivity contribution in [3.8, 4) is 5.75 Å². The zero-order valence-electron chi connectivity index (χ0n) is 31.8. The first-order valence-electron chi connectivity index (χ1n) is 19.3. The monoisotopic (exact) mass is 768 g/mol. The molecular formula is C41H46F2N8O5. The second kappa shape index (κ2) is 15.2. The molecule has 4 heterocycles. The van der Waals surface area contributed by atoms with E-state index in [4.69, 9.17) is 9.84 Å². The molecule has 2 N–H and O–H groups in total. The fraction of sp³-hybridized carbons (Fsp3) is 0.439. The van der Waals surface area contributed by atoms with E-state index in [9.17, 15) is 28.0 Å². The highest BCUT2D eigenvalue weighted by Gasteiger charge is 2.33. The van der Waals surface area contributed by atoms with Gasteiger partial charge in [-0.25, -0.2) is 13.6 Å². The van der Waals surface area contributed by atoms with Crippen LogP contribution in [-0.4, -0.2) is 81.4 Å². The van der Waals surface area contributed by atoms with Gasteiger partial charge in [0, 0.05) is 68.4 Å². The van der Waals surface area contributed by atoms with Crippen molar-refractivity contribution in [1.82, 2.24) is 29.1 Å². The molecule has 3 aromatic carbocycles. The Morgan fingerprint density at radius 1 is 0.982 bits per heavy atom. The van der Waals surface area contributed by atoms with Crippen LogP contribution in [0.1, 0.15) is 73.8 Å². The lowest BCUT2D eigenvalue weighted by Gasteiger charge is -2.40. The Hall–Kier alpha value is -5.57. The van der Waals surface area contributed by atoms with Crippen LogP contribution in [0.5, 0.6) is 5.75 Å². The summed E-state index contributed by atoms with van der Waals surface area (Å²) in [6.45, 7) is 2.73. The number of para-hydroxylation sites is 1. The van der Waals surface area contributed by atoms with Crippen molar-refractivity contribution in [3.63, 3.8) is 0 Å². The van der Waals surface area contributed by atoms with Gasteiger partial charge in [0.1, 0.15) is 23.4 Å². The molecule has 15 heteroatoms. The maximum absolute atomic E-state index is 13.7. The average molecular weight is 769 g/mol. The minimum Gasteiger partial charge on any atom is -0.494 e. The molecule has 1 aliphatic carbocycles. The Kier molecular flexibility index (Phi) is 10.1. The second-order valence-electron chi connectivity index (χ2n) is 15.5. The number of halogens is 2. The number of benzene rings is 3. The van der Waals surface area contributed by atoms with Crippen molar-refractivity contribution in [3.05, 3.63) is 82.4 Å². The summed E-state index contributed by atoms with van der Waals surface area (Å²) in [5.41, 5.74) is 3.23. The zero-order valence-corrected chi connectivity index (χ0v) is 31.8. The van der Waals surface area contributed by atoms with Gasteiger partial charge >= 0.3 is 5.69 Å². The summed E-state index contributed by atoms with van der Waals surface area (Å²) in [6, 6.07) is 12.1. The van der Waals surface area contributed by atoms with Gasteiger partial charge in [0.2, 0.25) is 11.8 Å². The highest BCUT2D eigenvalue weighted by Crippen LogP contribution is 2.37. The molecular weight excluding hydrogens is 722 g/mol. The molecule has 0 spiro atoms. The summed E-state index contributed by atoms with van der Waals surface area (Å²) in [5, 5.41) is 10.8. The third-order valence-corrected chi connectivity index (χ3v) is 12.0. The summed E-state index contributed by atoms with van der Waals surface area (Å²) < 4.78 is 38.2. The summed E-state index contributed by atoms with van der Waals surface area (Å²) in [5.74, 6) is -2.07. The molecule has 294 valence electrons. The van der Waals surface area contributed by atoms with Gasteiger partial charge in [-0.05, 0) is 88.2 Å². The van der Waals surface area contributed by atoms with E-state index in [1.54, 1.807) is 28.3 Å². The predicted molar refractivity (Wildman–Crippen MR) is 208 cm³/mol. The number of fused-ring (bicyclic) bond motifs is 2. The highest BCUT2D eigenvalue weighted by atomic mass is 19.1. The third-order valence-electron chi connectivity index (χ3n) is 12.0. The van der Waals surface area contributed by atoms with Crippen LogP contribution < -0.4 is 26.0 Å². The Balaban J connectivity index is 0.868. The fourth-order valence-corrected chi connectivity index (χ4v) is 9.00. The molecule has 5 aromatic rings. The predicted octanol–water partition coefficient (Wildman–Crippen LogP) is 5.54. The number of carbonyl (C=O) groups is 3. The summed E-state index contributed by atoms with van der Waals surface area (Å²) in [6.07, 6.45) is 8.65. The lowest BCUT2D eigenvalue weighted by molar-refractivity contribution is -0.135. The lowest BCUT2D eigenvalue weighted by Crippen LogP contribution is -2.45. The second-order valence-corrected chi connectivity index (χ2v) is 15.5. The number of nitrogens with zero attached hydrogens (tertiary/aromatic N) is 6. The van der Waals surface area contributed by atoms with E-state index in [-0.39, 0.29) is 29.6 Å². The third kappa shape index (κ3) is 7.15. The Labute approximate surface area is 322 Å². The van der Waals surface area contributed by atoms with Gasteiger partial charge in [-0.2, -0.15) is 5.10 Å². The number of aromatic nitrogens is 4. The van der Waals surface area contributed by atoms with E-state index in [0.29, 0.717) is 35.3 Å². The maximum atomic E-state index is 13.7. The topological polar surface area (TPSA) is 136 Å². The number of imidazole rings is 1. The molecule has 56 heavy (non-hydrogen) atoms. The number of anilines is 2. The molecule has 13 nitrogen and oxygen atoms in total. The first-order chi connectivity index (χ1) is 27.0. The van der Waals surface area contributed by atoms with Crippen LogP contribution in [-0.2, 0) is 16.6 Å². The van der Waals surface area contributed by atoms with Gasteiger partial charge in [-0.3, -0.25) is 33.5 Å². The smallest absolute Gasteiger partial charge is 0.329 e. The Morgan fingerprint density at radius 3 is 2.41 bits per heavy atom. The highest BCUT2D eigenvalue weighted by molar-refractivity contribution is 6.06. The number of amides is 3. The minimum absolute atomic E-state index is 0.128. The number of hydrogen-bond donors (Lipinski definition) is 2. The van der Waals surface area contributed by atoms with E-state index in [2.05, 4.69) is 27.5 Å². The number of aryl methyl sites for hydroxylation is 1. The molecule has 0 bridgehead atoms. The van der Waals surface area contributed by atoms with Gasteiger partial charge in [-0.1, -0.05) is 6.07 Å². The number of hydrogen-bond acceptors (Lipinski definition) is 8. The number of rotatable bonds is 9. The van der Waals surface area contributed by atoms with Crippen LogP contribution in [0.2, 0.25) is 0 Å².